The third-order valence-electron chi connectivity index (χ3n) is 6.94. The quantitative estimate of drug-likeness (QED) is 0.415. The Kier molecular flexibility index (Phi) is 7.71. The summed E-state index contributed by atoms with van der Waals surface area (Å²) in [7, 11) is 0. The molecule has 7 heteroatoms. The molecule has 2 amide bonds. The van der Waals surface area contributed by atoms with Crippen molar-refractivity contribution in [2.24, 2.45) is 5.92 Å². The van der Waals surface area contributed by atoms with E-state index in [1.165, 1.54) is 0 Å². The summed E-state index contributed by atoms with van der Waals surface area (Å²) >= 11 is 0. The highest BCUT2D eigenvalue weighted by molar-refractivity contribution is 5.86. The first-order valence-electron chi connectivity index (χ1n) is 12.1. The van der Waals surface area contributed by atoms with Crippen LogP contribution in [0, 0.1) is 18.3 Å². The summed E-state index contributed by atoms with van der Waals surface area (Å²) in [6.07, 6.45) is 8.39. The van der Waals surface area contributed by atoms with E-state index in [0.717, 1.165) is 41.5 Å². The monoisotopic (exact) mass is 474 g/mol. The lowest BCUT2D eigenvalue weighted by Gasteiger charge is -2.26. The average molecular weight is 475 g/mol. The molecule has 35 heavy (non-hydrogen) atoms. The van der Waals surface area contributed by atoms with Gasteiger partial charge in [0.2, 0.25) is 5.91 Å². The number of hydrogen-bond donors (Lipinski definition) is 3. The van der Waals surface area contributed by atoms with Crippen LogP contribution in [-0.2, 0) is 14.3 Å². The maximum atomic E-state index is 12.9. The van der Waals surface area contributed by atoms with E-state index < -0.39 is 36.0 Å². The second kappa shape index (κ2) is 11.1. The molecule has 182 valence electrons. The summed E-state index contributed by atoms with van der Waals surface area (Å²) in [6, 6.07) is 14.7. The fraction of sp³-hybridized carbons (Fsp3) is 0.393. The highest BCUT2D eigenvalue weighted by atomic mass is 16.5. The molecule has 3 N–H and O–H groups in total. The molecule has 0 spiro atoms. The number of nitrogens with one attached hydrogen (secondary N) is 2. The molecule has 4 rings (SSSR count). The highest BCUT2D eigenvalue weighted by Crippen LogP contribution is 2.44. The molecule has 0 aliphatic heterocycles. The molecule has 0 bridgehead atoms. The van der Waals surface area contributed by atoms with Crippen LogP contribution in [0.15, 0.2) is 48.5 Å². The smallest absolute Gasteiger partial charge is 0.407 e. The van der Waals surface area contributed by atoms with Gasteiger partial charge in [-0.3, -0.25) is 4.79 Å². The molecule has 2 aromatic rings. The predicted octanol–water partition coefficient (Wildman–Crippen LogP) is 4.07. The standard InChI is InChI=1S/C28H30N2O5/c1-2-10-25(27(32)33)29-26(31)22-15-4-3-5-16-24(22)30-28(34)35-17-23-20-13-8-6-11-18(20)19-12-7-9-14-21(19)23/h1,6-9,11-14,22-25H,3-5,10,15-17H2,(H,29,31)(H,30,34)(H,32,33)/t22-,24+,25?/m1/s1. The van der Waals surface area contributed by atoms with Gasteiger partial charge in [0.15, 0.2) is 0 Å². The zero-order valence-corrected chi connectivity index (χ0v) is 19.5. The Morgan fingerprint density at radius 3 is 2.26 bits per heavy atom. The number of carboxylic acids is 1. The van der Waals surface area contributed by atoms with Crippen molar-refractivity contribution in [1.29, 1.82) is 0 Å². The first kappa shape index (κ1) is 24.3. The summed E-state index contributed by atoms with van der Waals surface area (Å²) in [5, 5.41) is 14.8. The molecule has 0 heterocycles. The number of carbonyl (C=O) groups excluding carboxylic acids is 2. The number of fused-ring (bicyclic) bond motifs is 3. The number of carbonyl (C=O) groups is 3. The number of carboxylic acid groups (broad SMARTS) is 1. The molecule has 3 atom stereocenters. The number of aliphatic carboxylic acids is 1. The summed E-state index contributed by atoms with van der Waals surface area (Å²) in [5.74, 6) is 0.108. The average Bonchev–Trinajstić information content (AvgIpc) is 2.98. The third-order valence-corrected chi connectivity index (χ3v) is 6.94. The van der Waals surface area contributed by atoms with Gasteiger partial charge in [0.1, 0.15) is 12.6 Å². The Morgan fingerprint density at radius 2 is 1.63 bits per heavy atom. The fourth-order valence-corrected chi connectivity index (χ4v) is 5.18. The molecular weight excluding hydrogens is 444 g/mol. The van der Waals surface area contributed by atoms with Crippen molar-refractivity contribution in [2.75, 3.05) is 6.61 Å². The number of rotatable bonds is 7. The molecule has 0 radical (unpaired) electrons. The Bertz CT molecular complexity index is 1090. The van der Waals surface area contributed by atoms with Crippen molar-refractivity contribution in [3.63, 3.8) is 0 Å². The van der Waals surface area contributed by atoms with Crippen molar-refractivity contribution in [1.82, 2.24) is 10.6 Å². The lowest BCUT2D eigenvalue weighted by molar-refractivity contribution is -0.142. The van der Waals surface area contributed by atoms with Crippen molar-refractivity contribution >= 4 is 18.0 Å². The molecule has 1 saturated carbocycles. The largest absolute Gasteiger partial charge is 0.480 e. The second-order valence-electron chi connectivity index (χ2n) is 9.13. The van der Waals surface area contributed by atoms with Crippen LogP contribution in [0.2, 0.25) is 0 Å². The van der Waals surface area contributed by atoms with Gasteiger partial charge in [0.25, 0.3) is 0 Å². The topological polar surface area (TPSA) is 105 Å². The van der Waals surface area contributed by atoms with E-state index in [2.05, 4.69) is 40.8 Å². The van der Waals surface area contributed by atoms with Crippen LogP contribution < -0.4 is 10.6 Å². The van der Waals surface area contributed by atoms with E-state index in [1.54, 1.807) is 0 Å². The number of benzene rings is 2. The van der Waals surface area contributed by atoms with Crippen LogP contribution in [0.4, 0.5) is 4.79 Å². The van der Waals surface area contributed by atoms with Crippen molar-refractivity contribution in [3.8, 4) is 23.5 Å². The molecule has 0 aromatic heterocycles. The number of alkyl carbamates (subject to hydrolysis) is 1. The fourth-order valence-electron chi connectivity index (χ4n) is 5.18. The van der Waals surface area contributed by atoms with Gasteiger partial charge in [0, 0.05) is 18.4 Å². The molecule has 1 unspecified atom stereocenters. The molecule has 2 aliphatic carbocycles. The van der Waals surface area contributed by atoms with E-state index in [1.807, 2.05) is 24.3 Å². The Morgan fingerprint density at radius 1 is 1.00 bits per heavy atom. The van der Waals surface area contributed by atoms with Gasteiger partial charge >= 0.3 is 12.1 Å². The Balaban J connectivity index is 1.41. The van der Waals surface area contributed by atoms with Gasteiger partial charge in [0.05, 0.1) is 5.92 Å². The minimum Gasteiger partial charge on any atom is -0.480 e. The Labute approximate surface area is 205 Å². The van der Waals surface area contributed by atoms with E-state index in [4.69, 9.17) is 11.2 Å². The second-order valence-corrected chi connectivity index (χ2v) is 9.13. The summed E-state index contributed by atoms with van der Waals surface area (Å²) < 4.78 is 5.67. The van der Waals surface area contributed by atoms with Gasteiger partial charge in [-0.1, -0.05) is 67.8 Å². The Hall–Kier alpha value is -3.79. The predicted molar refractivity (Wildman–Crippen MR) is 132 cm³/mol. The maximum Gasteiger partial charge on any atom is 0.407 e. The van der Waals surface area contributed by atoms with Crippen molar-refractivity contribution in [3.05, 3.63) is 59.7 Å². The third kappa shape index (κ3) is 5.48. The lowest BCUT2D eigenvalue weighted by Crippen LogP contribution is -2.50. The first-order valence-corrected chi connectivity index (χ1v) is 12.1. The van der Waals surface area contributed by atoms with Crippen LogP contribution >= 0.6 is 0 Å². The molecule has 2 aliphatic rings. The van der Waals surface area contributed by atoms with E-state index in [-0.39, 0.29) is 18.9 Å². The molecule has 2 aromatic carbocycles. The number of ether oxygens (including phenoxy) is 1. The first-order chi connectivity index (χ1) is 17.0. The van der Waals surface area contributed by atoms with E-state index >= 15 is 0 Å². The normalized spacial score (nSPS) is 19.9. The molecule has 1 fully saturated rings. The zero-order chi connectivity index (χ0) is 24.8. The van der Waals surface area contributed by atoms with E-state index in [9.17, 15) is 19.5 Å². The van der Waals surface area contributed by atoms with Crippen LogP contribution in [0.25, 0.3) is 11.1 Å². The molecular formula is C28H30N2O5. The molecule has 7 nitrogen and oxygen atoms in total. The van der Waals surface area contributed by atoms with Crippen LogP contribution in [0.1, 0.15) is 55.6 Å². The maximum absolute atomic E-state index is 12.9. The van der Waals surface area contributed by atoms with Crippen LogP contribution in [0.5, 0.6) is 0 Å². The number of hydrogen-bond acceptors (Lipinski definition) is 4. The van der Waals surface area contributed by atoms with Gasteiger partial charge < -0.3 is 20.5 Å². The SMILES string of the molecule is C#CCC(NC(=O)[C@@H]1CCCCC[C@@H]1NC(=O)OCC1c2ccccc2-c2ccccc21)C(=O)O. The van der Waals surface area contributed by atoms with Gasteiger partial charge in [-0.2, -0.15) is 0 Å². The van der Waals surface area contributed by atoms with Gasteiger partial charge in [-0.05, 0) is 35.1 Å². The summed E-state index contributed by atoms with van der Waals surface area (Å²) in [6.45, 7) is 0.187. The van der Waals surface area contributed by atoms with Gasteiger partial charge in [-0.15, -0.1) is 12.3 Å². The lowest BCUT2D eigenvalue weighted by atomic mass is 9.93. The van der Waals surface area contributed by atoms with Crippen LogP contribution in [0.3, 0.4) is 0 Å². The van der Waals surface area contributed by atoms with Crippen molar-refractivity contribution < 1.29 is 24.2 Å². The van der Waals surface area contributed by atoms with Gasteiger partial charge in [-0.25, -0.2) is 9.59 Å². The minimum absolute atomic E-state index is 0.0542. The highest BCUT2D eigenvalue weighted by Gasteiger charge is 2.34. The molecule has 0 saturated heterocycles. The number of amides is 2. The summed E-state index contributed by atoms with van der Waals surface area (Å²) in [4.78, 5) is 37.2. The van der Waals surface area contributed by atoms with Crippen LogP contribution in [-0.4, -0.2) is 41.8 Å². The zero-order valence-electron chi connectivity index (χ0n) is 19.5. The van der Waals surface area contributed by atoms with E-state index in [0.29, 0.717) is 12.8 Å². The van der Waals surface area contributed by atoms with Crippen molar-refractivity contribution in [2.45, 2.75) is 56.5 Å². The minimum atomic E-state index is -1.18. The summed E-state index contributed by atoms with van der Waals surface area (Å²) in [5.41, 5.74) is 4.55. The number of terminal acetylenes is 1.